The van der Waals surface area contributed by atoms with E-state index >= 15 is 8.78 Å². The van der Waals surface area contributed by atoms with Crippen molar-refractivity contribution >= 4 is 5.97 Å². The molecular formula is C30H38F2O3. The standard InChI is InChI=1S/C30H38F2O3/c1-21-11-15-26(35-20-22-8-5-4-6-9-22)18-24(21)13-12-23-10-7-17-29(2)28(23)25(19-30(29,31)32)14-16-27(33)34-3/h4-6,8-9,11,15,18,23,25,28H,7,10,12-14,16-17,19-20H2,1-3H3/t23-,25+,28+,29-/m0/s1. The number of hydrogen-bond acceptors (Lipinski definition) is 3. The lowest BCUT2D eigenvalue weighted by Gasteiger charge is -2.46. The van der Waals surface area contributed by atoms with Crippen LogP contribution in [-0.2, 0) is 22.6 Å². The Labute approximate surface area is 208 Å². The first-order valence-electron chi connectivity index (χ1n) is 12.9. The predicted octanol–water partition coefficient (Wildman–Crippen LogP) is 7.54. The molecule has 0 saturated heterocycles. The average Bonchev–Trinajstić information content (AvgIpc) is 3.06. The maximum atomic E-state index is 15.3. The van der Waals surface area contributed by atoms with Crippen LogP contribution in [-0.4, -0.2) is 19.0 Å². The van der Waals surface area contributed by atoms with E-state index in [1.165, 1.54) is 18.2 Å². The van der Waals surface area contributed by atoms with E-state index in [1.54, 1.807) is 6.92 Å². The van der Waals surface area contributed by atoms with Gasteiger partial charge in [0.2, 0.25) is 0 Å². The Morgan fingerprint density at radius 1 is 1.09 bits per heavy atom. The van der Waals surface area contributed by atoms with E-state index in [9.17, 15) is 4.79 Å². The first kappa shape index (κ1) is 25.7. The maximum absolute atomic E-state index is 15.3. The summed E-state index contributed by atoms with van der Waals surface area (Å²) in [5.41, 5.74) is 2.57. The molecule has 2 aliphatic carbocycles. The molecule has 2 aromatic carbocycles. The number of hydrogen-bond donors (Lipinski definition) is 0. The zero-order chi connectivity index (χ0) is 25.1. The van der Waals surface area contributed by atoms with Crippen molar-refractivity contribution in [1.82, 2.24) is 0 Å². The summed E-state index contributed by atoms with van der Waals surface area (Å²) in [5.74, 6) is -2.12. The van der Waals surface area contributed by atoms with Gasteiger partial charge in [0.15, 0.2) is 0 Å². The summed E-state index contributed by atoms with van der Waals surface area (Å²) in [6.07, 6.45) is 4.72. The van der Waals surface area contributed by atoms with Gasteiger partial charge in [-0.15, -0.1) is 0 Å². The van der Waals surface area contributed by atoms with Crippen molar-refractivity contribution in [2.45, 2.75) is 77.7 Å². The third-order valence-corrected chi connectivity index (χ3v) is 8.68. The summed E-state index contributed by atoms with van der Waals surface area (Å²) in [6, 6.07) is 16.3. The number of benzene rings is 2. The minimum atomic E-state index is -2.68. The van der Waals surface area contributed by atoms with Gasteiger partial charge in [-0.05, 0) is 79.2 Å². The van der Waals surface area contributed by atoms with Gasteiger partial charge in [-0.2, -0.15) is 0 Å². The Morgan fingerprint density at radius 2 is 1.86 bits per heavy atom. The Kier molecular flexibility index (Phi) is 7.83. The number of ether oxygens (including phenoxy) is 2. The number of esters is 1. The van der Waals surface area contributed by atoms with Crippen LogP contribution in [0.4, 0.5) is 8.78 Å². The van der Waals surface area contributed by atoms with Gasteiger partial charge >= 0.3 is 5.97 Å². The maximum Gasteiger partial charge on any atom is 0.305 e. The van der Waals surface area contributed by atoms with Crippen LogP contribution < -0.4 is 4.74 Å². The summed E-state index contributed by atoms with van der Waals surface area (Å²) in [7, 11) is 1.36. The summed E-state index contributed by atoms with van der Waals surface area (Å²) in [4.78, 5) is 11.8. The van der Waals surface area contributed by atoms with Gasteiger partial charge in [0.1, 0.15) is 12.4 Å². The second-order valence-electron chi connectivity index (χ2n) is 10.8. The van der Waals surface area contributed by atoms with E-state index < -0.39 is 11.3 Å². The zero-order valence-corrected chi connectivity index (χ0v) is 21.2. The van der Waals surface area contributed by atoms with Gasteiger partial charge in [0.25, 0.3) is 5.92 Å². The van der Waals surface area contributed by atoms with Crippen molar-refractivity contribution in [3.8, 4) is 5.75 Å². The zero-order valence-electron chi connectivity index (χ0n) is 21.2. The molecule has 2 aromatic rings. The predicted molar refractivity (Wildman–Crippen MR) is 134 cm³/mol. The normalized spacial score (nSPS) is 27.3. The lowest BCUT2D eigenvalue weighted by Crippen LogP contribution is -2.44. The first-order valence-corrected chi connectivity index (χ1v) is 12.9. The smallest absolute Gasteiger partial charge is 0.305 e. The van der Waals surface area contributed by atoms with Crippen LogP contribution in [0.5, 0.6) is 5.75 Å². The Morgan fingerprint density at radius 3 is 2.60 bits per heavy atom. The van der Waals surface area contributed by atoms with Crippen molar-refractivity contribution < 1.29 is 23.0 Å². The minimum absolute atomic E-state index is 0.0614. The molecule has 0 unspecified atom stereocenters. The van der Waals surface area contributed by atoms with Crippen LogP contribution in [0, 0.1) is 30.1 Å². The van der Waals surface area contributed by atoms with Crippen molar-refractivity contribution in [3.63, 3.8) is 0 Å². The van der Waals surface area contributed by atoms with Gasteiger partial charge in [-0.3, -0.25) is 4.79 Å². The Hall–Kier alpha value is -2.43. The fraction of sp³-hybridized carbons (Fsp3) is 0.567. The Balaban J connectivity index is 1.45. The number of rotatable bonds is 9. The minimum Gasteiger partial charge on any atom is -0.489 e. The molecule has 4 rings (SSSR count). The largest absolute Gasteiger partial charge is 0.489 e. The lowest BCUT2D eigenvalue weighted by atomic mass is 9.60. The van der Waals surface area contributed by atoms with Crippen molar-refractivity contribution in [1.29, 1.82) is 0 Å². The molecule has 0 amide bonds. The summed E-state index contributed by atoms with van der Waals surface area (Å²) >= 11 is 0. The number of methoxy groups -OCH3 is 1. The second-order valence-corrected chi connectivity index (χ2v) is 10.8. The molecule has 0 heterocycles. The highest BCUT2D eigenvalue weighted by molar-refractivity contribution is 5.69. The monoisotopic (exact) mass is 484 g/mol. The number of fused-ring (bicyclic) bond motifs is 1. The van der Waals surface area contributed by atoms with E-state index in [0.717, 1.165) is 37.0 Å². The van der Waals surface area contributed by atoms with Gasteiger partial charge in [-0.1, -0.05) is 56.2 Å². The van der Waals surface area contributed by atoms with Crippen molar-refractivity contribution in [2.75, 3.05) is 7.11 Å². The highest BCUT2D eigenvalue weighted by Crippen LogP contribution is 2.65. The summed E-state index contributed by atoms with van der Waals surface area (Å²) < 4.78 is 41.4. The van der Waals surface area contributed by atoms with E-state index in [4.69, 9.17) is 9.47 Å². The van der Waals surface area contributed by atoms with E-state index in [-0.39, 0.29) is 36.6 Å². The number of halogens is 2. The first-order chi connectivity index (χ1) is 16.7. The molecular weight excluding hydrogens is 446 g/mol. The number of carbonyl (C=O) groups excluding carboxylic acids is 1. The average molecular weight is 485 g/mol. The van der Waals surface area contributed by atoms with Gasteiger partial charge < -0.3 is 9.47 Å². The highest BCUT2D eigenvalue weighted by Gasteiger charge is 2.65. The van der Waals surface area contributed by atoms with E-state index in [1.807, 2.05) is 36.4 Å². The molecule has 3 nitrogen and oxygen atoms in total. The van der Waals surface area contributed by atoms with Gasteiger partial charge in [-0.25, -0.2) is 8.78 Å². The molecule has 0 bridgehead atoms. The van der Waals surface area contributed by atoms with Crippen LogP contribution in [0.25, 0.3) is 0 Å². The highest BCUT2D eigenvalue weighted by atomic mass is 19.3. The van der Waals surface area contributed by atoms with E-state index in [0.29, 0.717) is 19.4 Å². The molecule has 0 aromatic heterocycles. The van der Waals surface area contributed by atoms with E-state index in [2.05, 4.69) is 19.1 Å². The van der Waals surface area contributed by atoms with Crippen molar-refractivity contribution in [2.24, 2.45) is 23.2 Å². The fourth-order valence-corrected chi connectivity index (χ4v) is 6.72. The van der Waals surface area contributed by atoms with Crippen LogP contribution in [0.2, 0.25) is 0 Å². The van der Waals surface area contributed by atoms with Gasteiger partial charge in [0.05, 0.1) is 7.11 Å². The number of carbonyl (C=O) groups is 1. The molecule has 5 heteroatoms. The summed E-state index contributed by atoms with van der Waals surface area (Å²) in [5, 5.41) is 0. The quantitative estimate of drug-likeness (QED) is 0.345. The third kappa shape index (κ3) is 5.54. The topological polar surface area (TPSA) is 35.5 Å². The van der Waals surface area contributed by atoms with Crippen LogP contribution >= 0.6 is 0 Å². The molecule has 35 heavy (non-hydrogen) atoms. The van der Waals surface area contributed by atoms with Crippen molar-refractivity contribution in [3.05, 3.63) is 65.2 Å². The van der Waals surface area contributed by atoms with Crippen LogP contribution in [0.1, 0.15) is 68.6 Å². The molecule has 0 aliphatic heterocycles. The molecule has 190 valence electrons. The molecule has 4 atom stereocenters. The molecule has 0 N–H and O–H groups in total. The lowest BCUT2D eigenvalue weighted by molar-refractivity contribution is -0.141. The third-order valence-electron chi connectivity index (χ3n) is 8.68. The molecule has 2 fully saturated rings. The summed E-state index contributed by atoms with van der Waals surface area (Å²) in [6.45, 7) is 4.42. The van der Waals surface area contributed by atoms with Gasteiger partial charge in [0, 0.05) is 18.3 Å². The Bertz CT molecular complexity index is 1010. The number of aryl methyl sites for hydroxylation is 2. The SMILES string of the molecule is COC(=O)CC[C@@H]1CC(F)(F)[C@@]2(C)CCC[C@@H](CCc3cc(OCc4ccccc4)ccc3C)[C@H]12. The number of alkyl halides is 2. The fourth-order valence-electron chi connectivity index (χ4n) is 6.72. The molecule has 0 radical (unpaired) electrons. The molecule has 0 spiro atoms. The van der Waals surface area contributed by atoms with Crippen LogP contribution in [0.3, 0.4) is 0 Å². The van der Waals surface area contributed by atoms with Crippen LogP contribution in [0.15, 0.2) is 48.5 Å². The molecule has 2 saturated carbocycles. The second kappa shape index (κ2) is 10.7. The molecule has 2 aliphatic rings.